The van der Waals surface area contributed by atoms with Gasteiger partial charge in [-0.1, -0.05) is 29.3 Å². The number of nitrogens with one attached hydrogen (secondary N) is 1. The quantitative estimate of drug-likeness (QED) is 0.717. The van der Waals surface area contributed by atoms with E-state index in [4.69, 9.17) is 27.9 Å². The fourth-order valence-corrected chi connectivity index (χ4v) is 2.28. The highest BCUT2D eigenvalue weighted by atomic mass is 35.5. The van der Waals surface area contributed by atoms with Gasteiger partial charge in [0, 0.05) is 18.8 Å². The fourth-order valence-electron chi connectivity index (χ4n) is 1.95. The Kier molecular flexibility index (Phi) is 7.15. The van der Waals surface area contributed by atoms with Crippen LogP contribution in [0.25, 0.3) is 0 Å². The van der Waals surface area contributed by atoms with E-state index < -0.39 is 24.8 Å². The van der Waals surface area contributed by atoms with Crippen molar-refractivity contribution in [2.24, 2.45) is 0 Å². The van der Waals surface area contributed by atoms with E-state index in [1.165, 1.54) is 19.2 Å². The van der Waals surface area contributed by atoms with Crippen LogP contribution in [0.2, 0.25) is 10.0 Å². The van der Waals surface area contributed by atoms with E-state index in [9.17, 15) is 18.0 Å². The summed E-state index contributed by atoms with van der Waals surface area (Å²) in [6, 6.07) is 7.65. The lowest BCUT2D eigenvalue weighted by atomic mass is 10.2. The molecule has 2 rings (SSSR count). The molecule has 1 amide bonds. The van der Waals surface area contributed by atoms with Crippen LogP contribution in [0.1, 0.15) is 12.5 Å². The first kappa shape index (κ1) is 21.1. The lowest BCUT2D eigenvalue weighted by Gasteiger charge is -2.16. The van der Waals surface area contributed by atoms with Crippen LogP contribution >= 0.6 is 23.2 Å². The molecule has 0 spiro atoms. The van der Waals surface area contributed by atoms with Crippen LogP contribution in [0.3, 0.4) is 0 Å². The van der Waals surface area contributed by atoms with Gasteiger partial charge in [0.15, 0.2) is 12.7 Å². The van der Waals surface area contributed by atoms with E-state index in [0.29, 0.717) is 10.6 Å². The molecule has 1 unspecified atom stereocenters. The van der Waals surface area contributed by atoms with Gasteiger partial charge in [-0.3, -0.25) is 4.79 Å². The maximum Gasteiger partial charge on any atom is 0.422 e. The van der Waals surface area contributed by atoms with Crippen LogP contribution < -0.4 is 14.8 Å². The number of rotatable bonds is 7. The minimum Gasteiger partial charge on any atom is -0.479 e. The van der Waals surface area contributed by atoms with Gasteiger partial charge in [-0.15, -0.1) is 0 Å². The fraction of sp³-hybridized carbons (Fsp3) is 0.294. The summed E-state index contributed by atoms with van der Waals surface area (Å²) in [6.45, 7) is 0.138. The van der Waals surface area contributed by atoms with Gasteiger partial charge in [-0.25, -0.2) is 4.98 Å². The molecule has 5 nitrogen and oxygen atoms in total. The molecule has 27 heavy (non-hydrogen) atoms. The van der Waals surface area contributed by atoms with Gasteiger partial charge < -0.3 is 14.8 Å². The minimum atomic E-state index is -4.46. The number of aromatic nitrogens is 1. The van der Waals surface area contributed by atoms with E-state index in [0.717, 1.165) is 0 Å². The summed E-state index contributed by atoms with van der Waals surface area (Å²) in [5, 5.41) is 3.10. The molecule has 0 saturated heterocycles. The predicted molar refractivity (Wildman–Crippen MR) is 94.2 cm³/mol. The number of nitrogens with zero attached hydrogens (tertiary/aromatic N) is 1. The maximum atomic E-state index is 12.2. The summed E-state index contributed by atoms with van der Waals surface area (Å²) >= 11 is 11.9. The molecule has 0 radical (unpaired) electrons. The molecule has 146 valence electrons. The Morgan fingerprint density at radius 2 is 2.04 bits per heavy atom. The van der Waals surface area contributed by atoms with Crippen LogP contribution in [-0.2, 0) is 11.3 Å². The molecule has 1 N–H and O–H groups in total. The molecule has 0 bridgehead atoms. The SMILES string of the molecule is CC(Oc1cccc(Cl)c1Cl)C(=O)NCc1ccnc(OCC(F)(F)F)c1. The third-order valence-corrected chi connectivity index (χ3v) is 4.04. The first-order valence-electron chi connectivity index (χ1n) is 7.68. The van der Waals surface area contributed by atoms with E-state index in [2.05, 4.69) is 15.0 Å². The number of ether oxygens (including phenoxy) is 2. The van der Waals surface area contributed by atoms with E-state index in [1.807, 2.05) is 0 Å². The Morgan fingerprint density at radius 1 is 1.30 bits per heavy atom. The highest BCUT2D eigenvalue weighted by Gasteiger charge is 2.28. The molecule has 0 aliphatic heterocycles. The summed E-state index contributed by atoms with van der Waals surface area (Å²) in [6.07, 6.45) is -4.04. The zero-order valence-electron chi connectivity index (χ0n) is 14.0. The second-order valence-corrected chi connectivity index (χ2v) is 6.22. The highest BCUT2D eigenvalue weighted by molar-refractivity contribution is 6.42. The second-order valence-electron chi connectivity index (χ2n) is 5.44. The molecule has 1 aromatic heterocycles. The number of hydrogen-bond donors (Lipinski definition) is 1. The minimum absolute atomic E-state index is 0.0563. The number of benzene rings is 1. The Labute approximate surface area is 163 Å². The molecule has 2 aromatic rings. The number of amides is 1. The molecule has 0 aliphatic carbocycles. The number of carbonyl (C=O) groups excluding carboxylic acids is 1. The van der Waals surface area contributed by atoms with Crippen LogP contribution in [0, 0.1) is 0 Å². The lowest BCUT2D eigenvalue weighted by molar-refractivity contribution is -0.154. The van der Waals surface area contributed by atoms with Gasteiger partial charge in [0.1, 0.15) is 10.8 Å². The van der Waals surface area contributed by atoms with Gasteiger partial charge in [0.25, 0.3) is 5.91 Å². The van der Waals surface area contributed by atoms with Crippen molar-refractivity contribution in [1.82, 2.24) is 10.3 Å². The third-order valence-electron chi connectivity index (χ3n) is 3.24. The van der Waals surface area contributed by atoms with Crippen LogP contribution in [-0.4, -0.2) is 29.8 Å². The third kappa shape index (κ3) is 6.80. The monoisotopic (exact) mass is 422 g/mol. The van der Waals surface area contributed by atoms with Crippen molar-refractivity contribution < 1.29 is 27.4 Å². The van der Waals surface area contributed by atoms with Gasteiger partial charge >= 0.3 is 6.18 Å². The number of hydrogen-bond acceptors (Lipinski definition) is 4. The van der Waals surface area contributed by atoms with Gasteiger partial charge in [0.05, 0.1) is 5.02 Å². The van der Waals surface area contributed by atoms with Crippen LogP contribution in [0.4, 0.5) is 13.2 Å². The van der Waals surface area contributed by atoms with Gasteiger partial charge in [0.2, 0.25) is 5.88 Å². The largest absolute Gasteiger partial charge is 0.479 e. The first-order valence-corrected chi connectivity index (χ1v) is 8.44. The number of pyridine rings is 1. The van der Waals surface area contributed by atoms with Crippen molar-refractivity contribution in [1.29, 1.82) is 0 Å². The molecule has 1 heterocycles. The highest BCUT2D eigenvalue weighted by Crippen LogP contribution is 2.32. The molecular formula is C17H15Cl2F3N2O3. The predicted octanol–water partition coefficient (Wildman–Crippen LogP) is 4.41. The van der Waals surface area contributed by atoms with Gasteiger partial charge in [-0.05, 0) is 30.7 Å². The molecule has 1 aromatic carbocycles. The Balaban J connectivity index is 1.90. The Hall–Kier alpha value is -2.19. The summed E-state index contributed by atoms with van der Waals surface area (Å²) in [5.74, 6) is -0.367. The molecular weight excluding hydrogens is 408 g/mol. The summed E-state index contributed by atoms with van der Waals surface area (Å²) in [7, 11) is 0. The molecule has 0 saturated carbocycles. The van der Waals surface area contributed by atoms with Crippen molar-refractivity contribution in [2.75, 3.05) is 6.61 Å². The average Bonchev–Trinajstić information content (AvgIpc) is 2.61. The van der Waals surface area contributed by atoms with Crippen molar-refractivity contribution in [2.45, 2.75) is 25.7 Å². The molecule has 0 fully saturated rings. The van der Waals surface area contributed by atoms with Crippen LogP contribution in [0.5, 0.6) is 11.6 Å². The zero-order chi connectivity index (χ0) is 20.0. The molecule has 0 aliphatic rings. The summed E-state index contributed by atoms with van der Waals surface area (Å²) in [4.78, 5) is 15.8. The normalized spacial score (nSPS) is 12.4. The van der Waals surface area contributed by atoms with Crippen molar-refractivity contribution in [3.63, 3.8) is 0 Å². The Bertz CT molecular complexity index is 803. The average molecular weight is 423 g/mol. The lowest BCUT2D eigenvalue weighted by Crippen LogP contribution is -2.36. The van der Waals surface area contributed by atoms with Crippen molar-refractivity contribution in [3.8, 4) is 11.6 Å². The number of alkyl halides is 3. The standard InChI is InChI=1S/C17H15Cl2F3N2O3/c1-10(27-13-4-2-3-12(18)15(13)19)16(25)24-8-11-5-6-23-14(7-11)26-9-17(20,21)22/h2-7,10H,8-9H2,1H3,(H,24,25). The smallest absolute Gasteiger partial charge is 0.422 e. The van der Waals surface area contributed by atoms with E-state index in [-0.39, 0.29) is 23.2 Å². The number of halogens is 5. The van der Waals surface area contributed by atoms with Gasteiger partial charge in [-0.2, -0.15) is 13.2 Å². The van der Waals surface area contributed by atoms with E-state index in [1.54, 1.807) is 24.3 Å². The Morgan fingerprint density at radius 3 is 2.74 bits per heavy atom. The second kappa shape index (κ2) is 9.14. The summed E-state index contributed by atoms with van der Waals surface area (Å²) < 4.78 is 46.6. The van der Waals surface area contributed by atoms with Crippen molar-refractivity contribution >= 4 is 29.1 Å². The molecule has 10 heteroatoms. The van der Waals surface area contributed by atoms with Crippen molar-refractivity contribution in [3.05, 3.63) is 52.1 Å². The first-order chi connectivity index (χ1) is 12.7. The molecule has 1 atom stereocenters. The summed E-state index contributed by atoms with van der Waals surface area (Å²) in [5.41, 5.74) is 0.517. The topological polar surface area (TPSA) is 60.5 Å². The van der Waals surface area contributed by atoms with E-state index >= 15 is 0 Å². The van der Waals surface area contributed by atoms with Crippen LogP contribution in [0.15, 0.2) is 36.5 Å². The number of carbonyl (C=O) groups is 1. The maximum absolute atomic E-state index is 12.2. The zero-order valence-corrected chi connectivity index (χ0v) is 15.5.